The summed E-state index contributed by atoms with van der Waals surface area (Å²) in [7, 11) is 1.86. The van der Waals surface area contributed by atoms with Gasteiger partial charge in [-0.2, -0.15) is 5.10 Å². The number of aromatic nitrogens is 3. The molecule has 0 fully saturated rings. The molecule has 158 valence electrons. The van der Waals surface area contributed by atoms with Gasteiger partial charge in [0, 0.05) is 48.1 Å². The highest BCUT2D eigenvalue weighted by Gasteiger charge is 2.35. The van der Waals surface area contributed by atoms with Crippen LogP contribution in [-0.2, 0) is 13.5 Å². The van der Waals surface area contributed by atoms with Crippen LogP contribution in [0, 0.1) is 5.41 Å². The van der Waals surface area contributed by atoms with Gasteiger partial charge in [0.05, 0.1) is 17.7 Å². The van der Waals surface area contributed by atoms with Gasteiger partial charge in [-0.3, -0.25) is 9.48 Å². The van der Waals surface area contributed by atoms with Crippen LogP contribution < -0.4 is 5.43 Å². The van der Waals surface area contributed by atoms with E-state index >= 15 is 0 Å². The van der Waals surface area contributed by atoms with Crippen molar-refractivity contribution in [2.75, 3.05) is 0 Å². The van der Waals surface area contributed by atoms with Crippen LogP contribution in [0.1, 0.15) is 42.7 Å². The summed E-state index contributed by atoms with van der Waals surface area (Å²) in [5.41, 5.74) is 4.25. The Morgan fingerprint density at radius 3 is 2.65 bits per heavy atom. The number of carboxylic acids is 1. The van der Waals surface area contributed by atoms with Crippen molar-refractivity contribution >= 4 is 16.9 Å². The monoisotopic (exact) mass is 417 g/mol. The van der Waals surface area contributed by atoms with Crippen molar-refractivity contribution in [1.29, 1.82) is 0 Å². The van der Waals surface area contributed by atoms with Crippen molar-refractivity contribution in [3.8, 4) is 22.5 Å². The fraction of sp³-hybridized carbons (Fsp3) is 0.292. The summed E-state index contributed by atoms with van der Waals surface area (Å²) in [6.45, 7) is 6.37. The van der Waals surface area contributed by atoms with Crippen LogP contribution in [0.3, 0.4) is 0 Å². The average molecular weight is 417 g/mol. The lowest BCUT2D eigenvalue weighted by Gasteiger charge is -2.39. The zero-order valence-electron chi connectivity index (χ0n) is 17.8. The van der Waals surface area contributed by atoms with Crippen LogP contribution in [0.4, 0.5) is 0 Å². The third kappa shape index (κ3) is 2.91. The Morgan fingerprint density at radius 1 is 1.23 bits per heavy atom. The van der Waals surface area contributed by atoms with E-state index < -0.39 is 11.4 Å². The molecule has 3 aromatic heterocycles. The third-order valence-electron chi connectivity index (χ3n) is 6.16. The summed E-state index contributed by atoms with van der Waals surface area (Å²) in [6, 6.07) is 7.32. The predicted octanol–water partition coefficient (Wildman–Crippen LogP) is 4.50. The summed E-state index contributed by atoms with van der Waals surface area (Å²) in [5.74, 6) is -1.21. The van der Waals surface area contributed by atoms with E-state index in [1.807, 2.05) is 36.0 Å². The first-order valence-corrected chi connectivity index (χ1v) is 10.2. The second-order valence-corrected chi connectivity index (χ2v) is 9.22. The molecule has 4 aromatic rings. The number of pyridine rings is 1. The molecule has 1 aliphatic heterocycles. The lowest BCUT2D eigenvalue weighted by Crippen LogP contribution is -2.32. The Bertz CT molecular complexity index is 1420. The van der Waals surface area contributed by atoms with E-state index in [9.17, 15) is 14.7 Å². The van der Waals surface area contributed by atoms with Crippen molar-refractivity contribution in [3.63, 3.8) is 0 Å². The number of hydrogen-bond acceptors (Lipinski definition) is 4. The molecule has 1 aromatic carbocycles. The number of aryl methyl sites for hydroxylation is 1. The molecule has 1 N–H and O–H groups in total. The summed E-state index contributed by atoms with van der Waals surface area (Å²) in [4.78, 5) is 24.3. The smallest absolute Gasteiger partial charge is 0.341 e. The van der Waals surface area contributed by atoms with Crippen LogP contribution >= 0.6 is 0 Å². The molecule has 0 unspecified atom stereocenters. The van der Waals surface area contributed by atoms with Crippen LogP contribution in [0.25, 0.3) is 33.5 Å². The molecule has 0 saturated heterocycles. The normalized spacial score (nSPS) is 15.7. The fourth-order valence-electron chi connectivity index (χ4n) is 4.59. The molecule has 0 spiro atoms. The number of hydrogen-bond donors (Lipinski definition) is 1. The van der Waals surface area contributed by atoms with Gasteiger partial charge in [-0.1, -0.05) is 20.8 Å². The molecule has 0 saturated carbocycles. The standard InChI is InChI=1S/C24H23N3O4/c1-24(2,3)21-10-14-13-6-8-31-22(13)16(18-5-7-26(4)25-18)9-15(14)19-11-20(28)17(23(29)30)12-27(19)21/h5-9,11-12,21H,10H2,1-4H3,(H,29,30)/t21-/m0/s1. The van der Waals surface area contributed by atoms with Gasteiger partial charge < -0.3 is 14.1 Å². The molecule has 0 radical (unpaired) electrons. The minimum Gasteiger partial charge on any atom is -0.477 e. The van der Waals surface area contributed by atoms with Gasteiger partial charge in [0.15, 0.2) is 5.43 Å². The maximum atomic E-state index is 12.6. The topological polar surface area (TPSA) is 90.3 Å². The zero-order chi connectivity index (χ0) is 22.1. The van der Waals surface area contributed by atoms with Gasteiger partial charge in [-0.25, -0.2) is 4.79 Å². The molecule has 7 heteroatoms. The molecule has 1 aliphatic rings. The minimum absolute atomic E-state index is 0.0208. The molecule has 4 heterocycles. The second kappa shape index (κ2) is 6.44. The van der Waals surface area contributed by atoms with Crippen LogP contribution in [0.5, 0.6) is 0 Å². The summed E-state index contributed by atoms with van der Waals surface area (Å²) in [6.07, 6.45) is 5.75. The number of benzene rings is 1. The quantitative estimate of drug-likeness (QED) is 0.518. The number of rotatable bonds is 2. The highest BCUT2D eigenvalue weighted by atomic mass is 16.4. The van der Waals surface area contributed by atoms with Crippen LogP contribution in [0.15, 0.2) is 52.1 Å². The molecule has 5 rings (SSSR count). The minimum atomic E-state index is -1.21. The number of fused-ring (bicyclic) bond motifs is 5. The van der Waals surface area contributed by atoms with Gasteiger partial charge in [0.1, 0.15) is 11.1 Å². The number of nitrogens with zero attached hydrogens (tertiary/aromatic N) is 3. The van der Waals surface area contributed by atoms with Crippen LogP contribution in [-0.4, -0.2) is 25.4 Å². The molecule has 0 amide bonds. The van der Waals surface area contributed by atoms with E-state index in [0.717, 1.165) is 39.0 Å². The number of carboxylic acid groups (broad SMARTS) is 1. The molecular weight excluding hydrogens is 394 g/mol. The first-order chi connectivity index (χ1) is 14.6. The Morgan fingerprint density at radius 2 is 2.00 bits per heavy atom. The second-order valence-electron chi connectivity index (χ2n) is 9.22. The van der Waals surface area contributed by atoms with Gasteiger partial charge in [0.25, 0.3) is 0 Å². The fourth-order valence-corrected chi connectivity index (χ4v) is 4.59. The van der Waals surface area contributed by atoms with E-state index in [1.165, 1.54) is 12.3 Å². The van der Waals surface area contributed by atoms with E-state index in [1.54, 1.807) is 10.9 Å². The lowest BCUT2D eigenvalue weighted by atomic mass is 9.77. The number of furan rings is 1. The Labute approximate surface area is 178 Å². The van der Waals surface area contributed by atoms with E-state index in [2.05, 4.69) is 25.9 Å². The molecule has 31 heavy (non-hydrogen) atoms. The summed E-state index contributed by atoms with van der Waals surface area (Å²) in [5, 5.41) is 15.1. The van der Waals surface area contributed by atoms with E-state index in [-0.39, 0.29) is 17.0 Å². The number of carbonyl (C=O) groups is 1. The molecule has 7 nitrogen and oxygen atoms in total. The van der Waals surface area contributed by atoms with Crippen molar-refractivity contribution < 1.29 is 14.3 Å². The predicted molar refractivity (Wildman–Crippen MR) is 117 cm³/mol. The molecule has 0 bridgehead atoms. The summed E-state index contributed by atoms with van der Waals surface area (Å²) < 4.78 is 9.56. The first kappa shape index (κ1) is 19.4. The average Bonchev–Trinajstić information content (AvgIpc) is 3.34. The van der Waals surface area contributed by atoms with Crippen LogP contribution in [0.2, 0.25) is 0 Å². The Balaban J connectivity index is 1.87. The molecule has 0 aliphatic carbocycles. The summed E-state index contributed by atoms with van der Waals surface area (Å²) >= 11 is 0. The van der Waals surface area contributed by atoms with E-state index in [4.69, 9.17) is 4.42 Å². The Kier molecular flexibility index (Phi) is 4.02. The zero-order valence-corrected chi connectivity index (χ0v) is 17.8. The SMILES string of the molecule is Cn1ccc(-c2cc3c(c4ccoc24)C[C@@H](C(C)(C)C)n2cc(C(=O)O)c(=O)cc2-3)n1. The maximum absolute atomic E-state index is 12.6. The van der Waals surface area contributed by atoms with Crippen molar-refractivity contribution in [2.24, 2.45) is 12.5 Å². The maximum Gasteiger partial charge on any atom is 0.341 e. The third-order valence-corrected chi connectivity index (χ3v) is 6.16. The lowest BCUT2D eigenvalue weighted by molar-refractivity contribution is 0.0693. The van der Waals surface area contributed by atoms with Gasteiger partial charge in [-0.05, 0) is 35.6 Å². The van der Waals surface area contributed by atoms with Gasteiger partial charge in [-0.15, -0.1) is 0 Å². The molecule has 1 atom stereocenters. The van der Waals surface area contributed by atoms with Gasteiger partial charge in [0.2, 0.25) is 0 Å². The first-order valence-electron chi connectivity index (χ1n) is 10.2. The largest absolute Gasteiger partial charge is 0.477 e. The Hall–Kier alpha value is -3.61. The highest BCUT2D eigenvalue weighted by molar-refractivity contribution is 5.99. The molecular formula is C24H23N3O4. The van der Waals surface area contributed by atoms with Crippen molar-refractivity contribution in [3.05, 3.63) is 64.3 Å². The van der Waals surface area contributed by atoms with Gasteiger partial charge >= 0.3 is 5.97 Å². The van der Waals surface area contributed by atoms with E-state index in [0.29, 0.717) is 6.42 Å². The number of aromatic carboxylic acids is 1. The van der Waals surface area contributed by atoms with Crippen molar-refractivity contribution in [1.82, 2.24) is 14.3 Å². The van der Waals surface area contributed by atoms with Crippen molar-refractivity contribution in [2.45, 2.75) is 33.2 Å². The highest BCUT2D eigenvalue weighted by Crippen LogP contribution is 2.46.